The van der Waals surface area contributed by atoms with Crippen LogP contribution in [0.1, 0.15) is 31.2 Å². The Bertz CT molecular complexity index is 386. The predicted octanol–water partition coefficient (Wildman–Crippen LogP) is 3.97. The van der Waals surface area contributed by atoms with Gasteiger partial charge in [-0.05, 0) is 30.7 Å². The van der Waals surface area contributed by atoms with Gasteiger partial charge in [-0.25, -0.2) is 0 Å². The molecule has 1 aromatic rings. The van der Waals surface area contributed by atoms with E-state index in [1.54, 1.807) is 6.07 Å². The number of rotatable bonds is 6. The summed E-state index contributed by atoms with van der Waals surface area (Å²) >= 11 is 0. The molecule has 1 rings (SSSR count). The van der Waals surface area contributed by atoms with Gasteiger partial charge < -0.3 is 10.2 Å². The zero-order chi connectivity index (χ0) is 12.8. The van der Waals surface area contributed by atoms with Crippen molar-refractivity contribution in [3.8, 4) is 11.5 Å². The summed E-state index contributed by atoms with van der Waals surface area (Å²) in [6, 6.07) is 5.08. The Morgan fingerprint density at radius 2 is 1.76 bits per heavy atom. The molecule has 0 aliphatic rings. The zero-order valence-electron chi connectivity index (χ0n) is 10.3. The maximum absolute atomic E-state index is 9.85. The summed E-state index contributed by atoms with van der Waals surface area (Å²) in [4.78, 5) is 0. The van der Waals surface area contributed by atoms with Gasteiger partial charge in [0, 0.05) is 5.56 Å². The van der Waals surface area contributed by atoms with Crippen molar-refractivity contribution in [1.82, 2.24) is 0 Å². The topological polar surface area (TPSA) is 40.5 Å². The van der Waals surface area contributed by atoms with Crippen LogP contribution in [0.3, 0.4) is 0 Å². The first kappa shape index (κ1) is 13.4. The Kier molecular flexibility index (Phi) is 4.83. The number of hydrogen-bond donors (Lipinski definition) is 2. The van der Waals surface area contributed by atoms with E-state index in [9.17, 15) is 10.2 Å². The molecule has 1 atom stereocenters. The first-order valence-electron chi connectivity index (χ1n) is 5.84. The summed E-state index contributed by atoms with van der Waals surface area (Å²) in [6.45, 7) is 9.55. The average molecular weight is 232 g/mol. The molecule has 0 amide bonds. The molecule has 2 heteroatoms. The van der Waals surface area contributed by atoms with E-state index in [1.165, 1.54) is 6.07 Å². The zero-order valence-corrected chi connectivity index (χ0v) is 10.3. The maximum atomic E-state index is 9.85. The summed E-state index contributed by atoms with van der Waals surface area (Å²) in [5.74, 6) is 0.416. The molecule has 92 valence electrons. The highest BCUT2D eigenvalue weighted by Gasteiger charge is 2.20. The van der Waals surface area contributed by atoms with Gasteiger partial charge in [0.05, 0.1) is 0 Å². The number of phenolic OH excluding ortho intramolecular Hbond substituents is 2. The van der Waals surface area contributed by atoms with Crippen molar-refractivity contribution in [3.63, 3.8) is 0 Å². The fraction of sp³-hybridized carbons (Fsp3) is 0.333. The Hall–Kier alpha value is -1.70. The highest BCUT2D eigenvalue weighted by atomic mass is 16.3. The summed E-state index contributed by atoms with van der Waals surface area (Å²) in [7, 11) is 0. The average Bonchev–Trinajstić information content (AvgIpc) is 2.31. The lowest BCUT2D eigenvalue weighted by atomic mass is 9.83. The van der Waals surface area contributed by atoms with Crippen LogP contribution in [0.4, 0.5) is 0 Å². The van der Waals surface area contributed by atoms with Gasteiger partial charge >= 0.3 is 0 Å². The normalized spacial score (nSPS) is 12.4. The fourth-order valence-corrected chi connectivity index (χ4v) is 2.10. The second-order valence-corrected chi connectivity index (χ2v) is 4.31. The molecule has 0 aliphatic carbocycles. The second-order valence-electron chi connectivity index (χ2n) is 4.31. The van der Waals surface area contributed by atoms with E-state index in [2.05, 4.69) is 13.2 Å². The first-order chi connectivity index (χ1) is 8.11. The largest absolute Gasteiger partial charge is 0.504 e. The monoisotopic (exact) mass is 232 g/mol. The van der Waals surface area contributed by atoms with E-state index < -0.39 is 0 Å². The third-order valence-electron chi connectivity index (χ3n) is 3.18. The van der Waals surface area contributed by atoms with Gasteiger partial charge in [-0.3, -0.25) is 0 Å². The lowest BCUT2D eigenvalue weighted by Gasteiger charge is -2.23. The molecule has 0 spiro atoms. The van der Waals surface area contributed by atoms with Crippen LogP contribution in [-0.4, -0.2) is 10.2 Å². The van der Waals surface area contributed by atoms with Crippen LogP contribution in [0.15, 0.2) is 43.5 Å². The lowest BCUT2D eigenvalue weighted by molar-refractivity contribution is 0.382. The van der Waals surface area contributed by atoms with Crippen molar-refractivity contribution in [3.05, 3.63) is 49.1 Å². The molecule has 2 N–H and O–H groups in total. The third-order valence-corrected chi connectivity index (χ3v) is 3.18. The summed E-state index contributed by atoms with van der Waals surface area (Å²) < 4.78 is 0. The summed E-state index contributed by atoms with van der Waals surface area (Å²) in [5.41, 5.74) is 0.777. The number of phenols is 2. The van der Waals surface area contributed by atoms with Crippen molar-refractivity contribution >= 4 is 0 Å². The highest BCUT2D eigenvalue weighted by Crippen LogP contribution is 2.38. The molecule has 0 aromatic heterocycles. The van der Waals surface area contributed by atoms with Gasteiger partial charge in [-0.1, -0.05) is 31.2 Å². The van der Waals surface area contributed by atoms with Crippen LogP contribution in [0.5, 0.6) is 11.5 Å². The van der Waals surface area contributed by atoms with E-state index in [1.807, 2.05) is 25.1 Å². The summed E-state index contributed by atoms with van der Waals surface area (Å²) in [5, 5.41) is 19.4. The van der Waals surface area contributed by atoms with E-state index in [-0.39, 0.29) is 17.4 Å². The van der Waals surface area contributed by atoms with E-state index in [4.69, 9.17) is 0 Å². The first-order valence-corrected chi connectivity index (χ1v) is 5.84. The number of aromatic hydroxyl groups is 2. The Balaban J connectivity index is 2.99. The van der Waals surface area contributed by atoms with Crippen molar-refractivity contribution in [1.29, 1.82) is 0 Å². The molecule has 0 bridgehead atoms. The van der Waals surface area contributed by atoms with Crippen LogP contribution >= 0.6 is 0 Å². The van der Waals surface area contributed by atoms with Crippen molar-refractivity contribution < 1.29 is 10.2 Å². The van der Waals surface area contributed by atoms with E-state index in [0.717, 1.165) is 18.4 Å². The molecule has 1 aromatic carbocycles. The summed E-state index contributed by atoms with van der Waals surface area (Å²) in [6.07, 6.45) is 5.49. The van der Waals surface area contributed by atoms with Gasteiger partial charge in [0.2, 0.25) is 0 Å². The Morgan fingerprint density at radius 1 is 1.18 bits per heavy atom. The van der Waals surface area contributed by atoms with Gasteiger partial charge in [0.25, 0.3) is 0 Å². The predicted molar refractivity (Wildman–Crippen MR) is 71.3 cm³/mol. The van der Waals surface area contributed by atoms with Gasteiger partial charge in [-0.2, -0.15) is 0 Å². The molecule has 1 unspecified atom stereocenters. The SMILES string of the molecule is C=CCC(CC=C)C(C)c1cccc(O)c1O. The fourth-order valence-electron chi connectivity index (χ4n) is 2.10. The van der Waals surface area contributed by atoms with E-state index in [0.29, 0.717) is 5.92 Å². The quantitative estimate of drug-likeness (QED) is 0.575. The maximum Gasteiger partial charge on any atom is 0.160 e. The number of hydrogen-bond acceptors (Lipinski definition) is 2. The van der Waals surface area contributed by atoms with E-state index >= 15 is 0 Å². The van der Waals surface area contributed by atoms with Crippen LogP contribution in [-0.2, 0) is 0 Å². The van der Waals surface area contributed by atoms with Crippen molar-refractivity contribution in [2.75, 3.05) is 0 Å². The minimum atomic E-state index is -0.0645. The van der Waals surface area contributed by atoms with Crippen LogP contribution in [0.25, 0.3) is 0 Å². The van der Waals surface area contributed by atoms with Gasteiger partial charge in [0.1, 0.15) is 0 Å². The van der Waals surface area contributed by atoms with Crippen LogP contribution < -0.4 is 0 Å². The molecule has 17 heavy (non-hydrogen) atoms. The molecule has 0 heterocycles. The molecular weight excluding hydrogens is 212 g/mol. The molecule has 0 saturated heterocycles. The number of benzene rings is 1. The van der Waals surface area contributed by atoms with Crippen LogP contribution in [0, 0.1) is 5.92 Å². The molecule has 0 aliphatic heterocycles. The van der Waals surface area contributed by atoms with Crippen LogP contribution in [0.2, 0.25) is 0 Å². The lowest BCUT2D eigenvalue weighted by Crippen LogP contribution is -2.09. The second kappa shape index (κ2) is 6.14. The highest BCUT2D eigenvalue weighted by molar-refractivity contribution is 5.46. The Labute approximate surface area is 103 Å². The molecule has 0 radical (unpaired) electrons. The Morgan fingerprint density at radius 3 is 2.29 bits per heavy atom. The molecule has 2 nitrogen and oxygen atoms in total. The molecular formula is C15H20O2. The van der Waals surface area contributed by atoms with Crippen molar-refractivity contribution in [2.45, 2.75) is 25.7 Å². The van der Waals surface area contributed by atoms with Gasteiger partial charge in [-0.15, -0.1) is 13.2 Å². The molecule has 0 saturated carbocycles. The minimum absolute atomic E-state index is 0.0156. The van der Waals surface area contributed by atoms with Crippen molar-refractivity contribution in [2.24, 2.45) is 5.92 Å². The minimum Gasteiger partial charge on any atom is -0.504 e. The van der Waals surface area contributed by atoms with Gasteiger partial charge in [0.15, 0.2) is 11.5 Å². The standard InChI is InChI=1S/C15H20O2/c1-4-7-12(8-5-2)11(3)13-9-6-10-14(16)15(13)17/h4-6,9-12,16-17H,1-2,7-8H2,3H3. The number of para-hydroxylation sites is 1. The smallest absolute Gasteiger partial charge is 0.160 e. The molecule has 0 fully saturated rings. The number of allylic oxidation sites excluding steroid dienone is 2. The third kappa shape index (κ3) is 3.13.